The van der Waals surface area contributed by atoms with E-state index in [1.807, 2.05) is 39.0 Å². The molecule has 2 unspecified atom stereocenters. The molecule has 2 N–H and O–H groups in total. The summed E-state index contributed by atoms with van der Waals surface area (Å²) in [5.74, 6) is 0.592. The Kier molecular flexibility index (Phi) is 5.83. The van der Waals surface area contributed by atoms with Crippen molar-refractivity contribution in [2.45, 2.75) is 51.7 Å². The first kappa shape index (κ1) is 16.8. The number of hydrogen-bond acceptors (Lipinski definition) is 3. The molecule has 122 valence electrons. The second-order valence-corrected chi connectivity index (χ2v) is 7.06. The number of alkyl carbamates (subject to hydrolysis) is 1. The molecule has 1 aliphatic rings. The first-order chi connectivity index (χ1) is 10.4. The Hall–Kier alpha value is -1.55. The summed E-state index contributed by atoms with van der Waals surface area (Å²) < 4.78 is 5.41. The third kappa shape index (κ3) is 5.68. The third-order valence-corrected chi connectivity index (χ3v) is 3.86. The van der Waals surface area contributed by atoms with Crippen LogP contribution >= 0.6 is 0 Å². The lowest BCUT2D eigenvalue weighted by Gasteiger charge is -2.29. The predicted octanol–water partition coefficient (Wildman–Crippen LogP) is 3.64. The number of rotatable bonds is 4. The van der Waals surface area contributed by atoms with Crippen molar-refractivity contribution in [2.75, 3.05) is 13.1 Å². The molecule has 4 heteroatoms. The van der Waals surface area contributed by atoms with Gasteiger partial charge in [0.15, 0.2) is 0 Å². The van der Waals surface area contributed by atoms with Crippen LogP contribution in [0.25, 0.3) is 0 Å². The summed E-state index contributed by atoms with van der Waals surface area (Å²) >= 11 is 0. The fourth-order valence-corrected chi connectivity index (χ4v) is 2.87. The van der Waals surface area contributed by atoms with Gasteiger partial charge in [-0.1, -0.05) is 30.3 Å². The van der Waals surface area contributed by atoms with Gasteiger partial charge in [0, 0.05) is 0 Å². The minimum Gasteiger partial charge on any atom is -0.444 e. The highest BCUT2D eigenvalue weighted by Gasteiger charge is 2.24. The molecular weight excluding hydrogens is 276 g/mol. The molecule has 1 saturated heterocycles. The Balaban J connectivity index is 2.03. The largest absolute Gasteiger partial charge is 0.444 e. The average molecular weight is 304 g/mol. The van der Waals surface area contributed by atoms with Gasteiger partial charge in [0.05, 0.1) is 6.04 Å². The van der Waals surface area contributed by atoms with Crippen molar-refractivity contribution in [1.29, 1.82) is 0 Å². The Morgan fingerprint density at radius 1 is 1.36 bits per heavy atom. The fourth-order valence-electron chi connectivity index (χ4n) is 2.87. The van der Waals surface area contributed by atoms with Crippen LogP contribution in [0.2, 0.25) is 0 Å². The van der Waals surface area contributed by atoms with Gasteiger partial charge in [-0.15, -0.1) is 0 Å². The second kappa shape index (κ2) is 7.63. The molecule has 0 aliphatic carbocycles. The number of ether oxygens (including phenoxy) is 1. The molecular formula is C18H28N2O2. The standard InChI is InChI=1S/C18H28N2O2/c1-18(2,3)22-17(21)20-16(15-9-5-4-6-10-15)12-14-8-7-11-19-13-14/h4-6,9-10,14,16,19H,7-8,11-13H2,1-3H3,(H,20,21). The second-order valence-electron chi connectivity index (χ2n) is 7.06. The SMILES string of the molecule is CC(C)(C)OC(=O)NC(CC1CCCNC1)c1ccccc1. The molecule has 1 aromatic carbocycles. The van der Waals surface area contributed by atoms with Crippen LogP contribution in [0, 0.1) is 5.92 Å². The number of carbonyl (C=O) groups is 1. The first-order valence-electron chi connectivity index (χ1n) is 8.19. The van der Waals surface area contributed by atoms with Gasteiger partial charge in [-0.25, -0.2) is 4.79 Å². The molecule has 1 aromatic rings. The van der Waals surface area contributed by atoms with Crippen LogP contribution in [0.4, 0.5) is 4.79 Å². The molecule has 0 radical (unpaired) electrons. The van der Waals surface area contributed by atoms with Crippen LogP contribution in [-0.2, 0) is 4.74 Å². The summed E-state index contributed by atoms with van der Waals surface area (Å²) in [4.78, 5) is 12.1. The van der Waals surface area contributed by atoms with Crippen molar-refractivity contribution >= 4 is 6.09 Å². The molecule has 0 aromatic heterocycles. The minimum absolute atomic E-state index is 0.000880. The van der Waals surface area contributed by atoms with Gasteiger partial charge in [-0.05, 0) is 64.6 Å². The lowest BCUT2D eigenvalue weighted by molar-refractivity contribution is 0.0495. The van der Waals surface area contributed by atoms with E-state index in [2.05, 4.69) is 22.8 Å². The molecule has 1 heterocycles. The van der Waals surface area contributed by atoms with Crippen LogP contribution in [0.3, 0.4) is 0 Å². The molecule has 1 fully saturated rings. The van der Waals surface area contributed by atoms with Crippen LogP contribution in [0.1, 0.15) is 51.6 Å². The normalized spacial score (nSPS) is 20.2. The number of benzene rings is 1. The van der Waals surface area contributed by atoms with Crippen molar-refractivity contribution in [3.05, 3.63) is 35.9 Å². The average Bonchev–Trinajstić information content (AvgIpc) is 2.47. The van der Waals surface area contributed by atoms with Crippen molar-refractivity contribution in [1.82, 2.24) is 10.6 Å². The van der Waals surface area contributed by atoms with E-state index in [4.69, 9.17) is 4.74 Å². The topological polar surface area (TPSA) is 50.4 Å². The Morgan fingerprint density at radius 3 is 2.68 bits per heavy atom. The van der Waals surface area contributed by atoms with Gasteiger partial charge in [0.25, 0.3) is 0 Å². The smallest absolute Gasteiger partial charge is 0.408 e. The summed E-state index contributed by atoms with van der Waals surface area (Å²) in [5, 5.41) is 6.49. The molecule has 0 bridgehead atoms. The zero-order valence-corrected chi connectivity index (χ0v) is 13.9. The van der Waals surface area contributed by atoms with Crippen molar-refractivity contribution in [2.24, 2.45) is 5.92 Å². The summed E-state index contributed by atoms with van der Waals surface area (Å²) in [5.41, 5.74) is 0.663. The molecule has 1 aliphatic heterocycles. The number of piperidine rings is 1. The highest BCUT2D eigenvalue weighted by molar-refractivity contribution is 5.68. The Labute approximate surface area is 133 Å². The molecule has 4 nitrogen and oxygen atoms in total. The van der Waals surface area contributed by atoms with Gasteiger partial charge >= 0.3 is 6.09 Å². The maximum Gasteiger partial charge on any atom is 0.408 e. The maximum atomic E-state index is 12.1. The van der Waals surface area contributed by atoms with Crippen LogP contribution in [0.5, 0.6) is 0 Å². The van der Waals surface area contributed by atoms with E-state index in [9.17, 15) is 4.79 Å². The lowest BCUT2D eigenvalue weighted by atomic mass is 9.89. The molecule has 2 rings (SSSR count). The lowest BCUT2D eigenvalue weighted by Crippen LogP contribution is -2.37. The van der Waals surface area contributed by atoms with E-state index in [0.29, 0.717) is 5.92 Å². The van der Waals surface area contributed by atoms with Crippen LogP contribution < -0.4 is 10.6 Å². The van der Waals surface area contributed by atoms with Crippen LogP contribution in [0.15, 0.2) is 30.3 Å². The number of carbonyl (C=O) groups excluding carboxylic acids is 1. The Bertz CT molecular complexity index is 462. The zero-order chi connectivity index (χ0) is 16.0. The highest BCUT2D eigenvalue weighted by atomic mass is 16.6. The number of nitrogens with one attached hydrogen (secondary N) is 2. The first-order valence-corrected chi connectivity index (χ1v) is 8.19. The number of hydrogen-bond donors (Lipinski definition) is 2. The Morgan fingerprint density at radius 2 is 2.09 bits per heavy atom. The van der Waals surface area contributed by atoms with Gasteiger partial charge in [0.1, 0.15) is 5.60 Å². The summed E-state index contributed by atoms with van der Waals surface area (Å²) in [6, 6.07) is 10.2. The quantitative estimate of drug-likeness (QED) is 0.893. The molecule has 2 atom stereocenters. The molecule has 0 saturated carbocycles. The zero-order valence-electron chi connectivity index (χ0n) is 13.9. The van der Waals surface area contributed by atoms with Gasteiger partial charge < -0.3 is 15.4 Å². The highest BCUT2D eigenvalue weighted by Crippen LogP contribution is 2.25. The predicted molar refractivity (Wildman–Crippen MR) is 88.8 cm³/mol. The van der Waals surface area contributed by atoms with E-state index >= 15 is 0 Å². The summed E-state index contributed by atoms with van der Waals surface area (Å²) in [6.07, 6.45) is 3.02. The third-order valence-electron chi connectivity index (χ3n) is 3.86. The van der Waals surface area contributed by atoms with Gasteiger partial charge in [0.2, 0.25) is 0 Å². The van der Waals surface area contributed by atoms with E-state index in [0.717, 1.165) is 25.1 Å². The summed E-state index contributed by atoms with van der Waals surface area (Å²) in [7, 11) is 0. The maximum absolute atomic E-state index is 12.1. The fraction of sp³-hybridized carbons (Fsp3) is 0.611. The van der Waals surface area contributed by atoms with E-state index in [1.54, 1.807) is 0 Å². The van der Waals surface area contributed by atoms with Crippen LogP contribution in [-0.4, -0.2) is 24.8 Å². The monoisotopic (exact) mass is 304 g/mol. The van der Waals surface area contributed by atoms with E-state index in [1.165, 1.54) is 12.8 Å². The van der Waals surface area contributed by atoms with Crippen molar-refractivity contribution in [3.63, 3.8) is 0 Å². The van der Waals surface area contributed by atoms with E-state index < -0.39 is 5.60 Å². The molecule has 22 heavy (non-hydrogen) atoms. The minimum atomic E-state index is -0.474. The van der Waals surface area contributed by atoms with Gasteiger partial charge in [-0.2, -0.15) is 0 Å². The molecule has 0 spiro atoms. The summed E-state index contributed by atoms with van der Waals surface area (Å²) in [6.45, 7) is 7.78. The number of amides is 1. The van der Waals surface area contributed by atoms with Crippen molar-refractivity contribution in [3.8, 4) is 0 Å². The van der Waals surface area contributed by atoms with Gasteiger partial charge in [-0.3, -0.25) is 0 Å². The molecule has 1 amide bonds. The van der Waals surface area contributed by atoms with Crippen molar-refractivity contribution < 1.29 is 9.53 Å². The van der Waals surface area contributed by atoms with E-state index in [-0.39, 0.29) is 12.1 Å².